The topological polar surface area (TPSA) is 94.9 Å². The van der Waals surface area contributed by atoms with Gasteiger partial charge in [0.25, 0.3) is 5.91 Å². The Labute approximate surface area is 157 Å². The van der Waals surface area contributed by atoms with E-state index in [2.05, 4.69) is 20.3 Å². The van der Waals surface area contributed by atoms with E-state index >= 15 is 0 Å². The number of likely N-dealkylation sites (tertiary alicyclic amines) is 1. The highest BCUT2D eigenvalue weighted by atomic mass is 16.3. The number of carbonyl (C=O) groups excluding carboxylic acids is 1. The number of aromatic nitrogens is 6. The molecule has 0 aromatic carbocycles. The summed E-state index contributed by atoms with van der Waals surface area (Å²) in [7, 11) is 1.98. The van der Waals surface area contributed by atoms with E-state index in [0.717, 1.165) is 30.3 Å². The lowest BCUT2D eigenvalue weighted by Gasteiger charge is -2.31. The number of piperidine rings is 1. The van der Waals surface area contributed by atoms with Crippen LogP contribution in [-0.4, -0.2) is 53.4 Å². The van der Waals surface area contributed by atoms with Crippen molar-refractivity contribution in [3.63, 3.8) is 0 Å². The van der Waals surface area contributed by atoms with E-state index in [1.165, 1.54) is 6.33 Å². The molecule has 9 nitrogen and oxygen atoms in total. The molecule has 1 aliphatic heterocycles. The maximum Gasteiger partial charge on any atom is 0.257 e. The first kappa shape index (κ1) is 17.4. The Hall–Kier alpha value is -2.97. The molecule has 3 aromatic heterocycles. The molecule has 0 atom stereocenters. The molecule has 3 aromatic rings. The van der Waals surface area contributed by atoms with Crippen LogP contribution in [0.2, 0.25) is 0 Å². The van der Waals surface area contributed by atoms with Crippen LogP contribution in [-0.2, 0) is 13.6 Å². The average Bonchev–Trinajstić information content (AvgIpc) is 3.37. The van der Waals surface area contributed by atoms with Gasteiger partial charge in [0.2, 0.25) is 0 Å². The van der Waals surface area contributed by atoms with E-state index in [9.17, 15) is 4.79 Å². The second-order valence-electron chi connectivity index (χ2n) is 7.02. The number of carbonyl (C=O) groups is 1. The summed E-state index contributed by atoms with van der Waals surface area (Å²) >= 11 is 0. The molecule has 0 spiro atoms. The Kier molecular flexibility index (Phi) is 4.51. The summed E-state index contributed by atoms with van der Waals surface area (Å²) in [5, 5.41) is 12.8. The minimum absolute atomic E-state index is 0.0487. The third-order valence-corrected chi connectivity index (χ3v) is 5.19. The minimum Gasteiger partial charge on any atom is -0.466 e. The van der Waals surface area contributed by atoms with Crippen molar-refractivity contribution in [1.29, 1.82) is 0 Å². The van der Waals surface area contributed by atoms with Gasteiger partial charge >= 0.3 is 0 Å². The summed E-state index contributed by atoms with van der Waals surface area (Å²) in [5.41, 5.74) is 0.666. The molecular formula is C18H23N7O2. The van der Waals surface area contributed by atoms with Crippen LogP contribution in [0.5, 0.6) is 0 Å². The second-order valence-corrected chi connectivity index (χ2v) is 7.02. The van der Waals surface area contributed by atoms with Crippen molar-refractivity contribution in [2.24, 2.45) is 7.05 Å². The van der Waals surface area contributed by atoms with Gasteiger partial charge in [0.05, 0.1) is 5.56 Å². The Morgan fingerprint density at radius 1 is 1.26 bits per heavy atom. The number of rotatable bonds is 4. The van der Waals surface area contributed by atoms with Gasteiger partial charge in [-0.15, -0.1) is 10.2 Å². The third kappa shape index (κ3) is 3.36. The van der Waals surface area contributed by atoms with Gasteiger partial charge in [-0.3, -0.25) is 4.79 Å². The largest absolute Gasteiger partial charge is 0.466 e. The first-order chi connectivity index (χ1) is 13.0. The van der Waals surface area contributed by atoms with E-state index in [1.807, 2.05) is 36.4 Å². The minimum atomic E-state index is 0.0487. The molecule has 1 amide bonds. The van der Waals surface area contributed by atoms with Crippen molar-refractivity contribution in [3.8, 4) is 0 Å². The zero-order valence-electron chi connectivity index (χ0n) is 15.8. The predicted octanol–water partition coefficient (Wildman–Crippen LogP) is 1.68. The summed E-state index contributed by atoms with van der Waals surface area (Å²) in [6.45, 7) is 5.65. The standard InChI is InChI=1S/C18H23N7O2/c1-12-8-15(13(2)27-12)18(26)24-6-4-14(5-7-24)17-22-21-16(23(17)3)9-25-11-19-10-20-25/h8,10-11,14H,4-7,9H2,1-3H3. The smallest absolute Gasteiger partial charge is 0.257 e. The van der Waals surface area contributed by atoms with Gasteiger partial charge in [-0.1, -0.05) is 0 Å². The number of furan rings is 1. The van der Waals surface area contributed by atoms with E-state index in [-0.39, 0.29) is 5.91 Å². The number of amides is 1. The van der Waals surface area contributed by atoms with Crippen LogP contribution >= 0.6 is 0 Å². The fourth-order valence-electron chi connectivity index (χ4n) is 3.68. The summed E-state index contributed by atoms with van der Waals surface area (Å²) in [6.07, 6.45) is 4.92. The average molecular weight is 369 g/mol. The Morgan fingerprint density at radius 3 is 2.67 bits per heavy atom. The highest BCUT2D eigenvalue weighted by Gasteiger charge is 2.29. The molecule has 4 rings (SSSR count). The quantitative estimate of drug-likeness (QED) is 0.694. The zero-order valence-corrected chi connectivity index (χ0v) is 15.8. The molecule has 0 N–H and O–H groups in total. The van der Waals surface area contributed by atoms with E-state index < -0.39 is 0 Å². The summed E-state index contributed by atoms with van der Waals surface area (Å²) in [4.78, 5) is 18.6. The number of hydrogen-bond donors (Lipinski definition) is 0. The first-order valence-electron chi connectivity index (χ1n) is 9.10. The van der Waals surface area contributed by atoms with Crippen LogP contribution in [0.3, 0.4) is 0 Å². The molecule has 0 saturated carbocycles. The monoisotopic (exact) mass is 369 g/mol. The van der Waals surface area contributed by atoms with E-state index in [4.69, 9.17) is 4.42 Å². The fourth-order valence-corrected chi connectivity index (χ4v) is 3.68. The molecule has 0 unspecified atom stereocenters. The lowest BCUT2D eigenvalue weighted by Crippen LogP contribution is -2.38. The van der Waals surface area contributed by atoms with Crippen molar-refractivity contribution in [3.05, 3.63) is 47.5 Å². The van der Waals surface area contributed by atoms with E-state index in [1.54, 1.807) is 11.0 Å². The van der Waals surface area contributed by atoms with Gasteiger partial charge < -0.3 is 13.9 Å². The molecule has 0 radical (unpaired) electrons. The molecule has 27 heavy (non-hydrogen) atoms. The van der Waals surface area contributed by atoms with Gasteiger partial charge in [0.15, 0.2) is 5.82 Å². The van der Waals surface area contributed by atoms with Crippen LogP contribution in [0.1, 0.15) is 52.3 Å². The van der Waals surface area contributed by atoms with Crippen LogP contribution in [0.4, 0.5) is 0 Å². The molecule has 1 fully saturated rings. The lowest BCUT2D eigenvalue weighted by atomic mass is 9.95. The summed E-state index contributed by atoms with van der Waals surface area (Å²) in [5.74, 6) is 3.61. The SMILES string of the molecule is Cc1cc(C(=O)N2CCC(c3nnc(Cn4cncn4)n3C)CC2)c(C)o1. The molecule has 9 heteroatoms. The highest BCUT2D eigenvalue weighted by molar-refractivity contribution is 5.95. The van der Waals surface area contributed by atoms with Gasteiger partial charge in [0.1, 0.15) is 36.5 Å². The molecule has 0 bridgehead atoms. The first-order valence-corrected chi connectivity index (χ1v) is 9.10. The number of hydrogen-bond acceptors (Lipinski definition) is 6. The van der Waals surface area contributed by atoms with Crippen LogP contribution in [0.25, 0.3) is 0 Å². The fraction of sp³-hybridized carbons (Fsp3) is 0.500. The van der Waals surface area contributed by atoms with Gasteiger partial charge in [-0.2, -0.15) is 5.10 Å². The molecule has 4 heterocycles. The highest BCUT2D eigenvalue weighted by Crippen LogP contribution is 2.28. The second kappa shape index (κ2) is 6.98. The van der Waals surface area contributed by atoms with Gasteiger partial charge in [-0.25, -0.2) is 9.67 Å². The van der Waals surface area contributed by atoms with Crippen molar-refractivity contribution >= 4 is 5.91 Å². The third-order valence-electron chi connectivity index (χ3n) is 5.19. The van der Waals surface area contributed by atoms with Crippen molar-refractivity contribution < 1.29 is 9.21 Å². The molecule has 1 saturated heterocycles. The zero-order chi connectivity index (χ0) is 19.0. The molecule has 1 aliphatic rings. The molecular weight excluding hydrogens is 346 g/mol. The van der Waals surface area contributed by atoms with Crippen LogP contribution in [0, 0.1) is 13.8 Å². The normalized spacial score (nSPS) is 15.4. The Bertz CT molecular complexity index is 933. The van der Waals surface area contributed by atoms with E-state index in [0.29, 0.717) is 36.9 Å². The van der Waals surface area contributed by atoms with Gasteiger partial charge in [0, 0.05) is 26.1 Å². The Morgan fingerprint density at radius 2 is 2.04 bits per heavy atom. The molecule has 142 valence electrons. The van der Waals surface area contributed by atoms with Gasteiger partial charge in [-0.05, 0) is 32.8 Å². The Balaban J connectivity index is 1.41. The summed E-state index contributed by atoms with van der Waals surface area (Å²) in [6, 6.07) is 1.82. The maximum absolute atomic E-state index is 12.7. The van der Waals surface area contributed by atoms with Crippen molar-refractivity contribution in [2.45, 2.75) is 39.2 Å². The maximum atomic E-state index is 12.7. The van der Waals surface area contributed by atoms with Crippen LogP contribution in [0.15, 0.2) is 23.1 Å². The number of aryl methyl sites for hydroxylation is 2. The summed E-state index contributed by atoms with van der Waals surface area (Å²) < 4.78 is 9.26. The van der Waals surface area contributed by atoms with Crippen molar-refractivity contribution in [2.75, 3.05) is 13.1 Å². The van der Waals surface area contributed by atoms with Crippen LogP contribution < -0.4 is 0 Å². The van der Waals surface area contributed by atoms with Crippen molar-refractivity contribution in [1.82, 2.24) is 34.4 Å². The molecule has 0 aliphatic carbocycles. The predicted molar refractivity (Wildman–Crippen MR) is 96.2 cm³/mol. The lowest BCUT2D eigenvalue weighted by molar-refractivity contribution is 0.0708. The number of nitrogens with zero attached hydrogens (tertiary/aromatic N) is 7.